The molecular formula is C23H26N4O3S2. The number of thioether (sulfide) groups is 1. The molecule has 0 spiro atoms. The van der Waals surface area contributed by atoms with Crippen molar-refractivity contribution in [3.05, 3.63) is 65.9 Å². The van der Waals surface area contributed by atoms with Crippen LogP contribution in [0.2, 0.25) is 0 Å². The maximum atomic E-state index is 12.9. The Labute approximate surface area is 192 Å². The van der Waals surface area contributed by atoms with E-state index in [2.05, 4.69) is 15.3 Å². The van der Waals surface area contributed by atoms with Gasteiger partial charge >= 0.3 is 0 Å². The van der Waals surface area contributed by atoms with Crippen LogP contribution in [0.1, 0.15) is 37.8 Å². The minimum atomic E-state index is -3.85. The molecule has 1 amide bonds. The van der Waals surface area contributed by atoms with Crippen molar-refractivity contribution in [1.82, 2.24) is 9.97 Å². The molecule has 3 N–H and O–H groups in total. The van der Waals surface area contributed by atoms with Gasteiger partial charge in [0.1, 0.15) is 10.7 Å². The number of hydrogen-bond donors (Lipinski definition) is 2. The van der Waals surface area contributed by atoms with Crippen molar-refractivity contribution in [3.63, 3.8) is 0 Å². The minimum Gasteiger partial charge on any atom is -0.382 e. The Morgan fingerprint density at radius 3 is 2.44 bits per heavy atom. The van der Waals surface area contributed by atoms with E-state index in [0.29, 0.717) is 5.92 Å². The molecule has 3 rings (SSSR count). The molecule has 0 aliphatic carbocycles. The summed E-state index contributed by atoms with van der Waals surface area (Å²) in [7, 11) is -3.85. The van der Waals surface area contributed by atoms with Crippen molar-refractivity contribution in [2.45, 2.75) is 48.1 Å². The Morgan fingerprint density at radius 1 is 1.12 bits per heavy atom. The fourth-order valence-corrected chi connectivity index (χ4v) is 4.95. The van der Waals surface area contributed by atoms with Crippen molar-refractivity contribution < 1.29 is 13.2 Å². The number of carbonyl (C=O) groups is 1. The predicted octanol–water partition coefficient (Wildman–Crippen LogP) is 4.31. The molecule has 0 bridgehead atoms. The summed E-state index contributed by atoms with van der Waals surface area (Å²) in [4.78, 5) is 20.5. The number of para-hydroxylation sites is 1. The van der Waals surface area contributed by atoms with Gasteiger partial charge in [0.05, 0.1) is 16.8 Å². The average molecular weight is 471 g/mol. The predicted molar refractivity (Wildman–Crippen MR) is 128 cm³/mol. The van der Waals surface area contributed by atoms with E-state index in [9.17, 15) is 13.2 Å². The van der Waals surface area contributed by atoms with Gasteiger partial charge < -0.3 is 11.1 Å². The number of nitrogens with one attached hydrogen (secondary N) is 1. The van der Waals surface area contributed by atoms with Gasteiger partial charge in [-0.15, -0.1) is 0 Å². The number of nitrogen functional groups attached to an aromatic ring is 1. The minimum absolute atomic E-state index is 0.0697. The Hall–Kier alpha value is -2.91. The molecule has 0 unspecified atom stereocenters. The van der Waals surface area contributed by atoms with E-state index < -0.39 is 9.84 Å². The second-order valence-electron chi connectivity index (χ2n) is 7.48. The number of benzene rings is 2. The van der Waals surface area contributed by atoms with Crippen LogP contribution in [0.15, 0.2) is 69.7 Å². The largest absolute Gasteiger partial charge is 0.382 e. The van der Waals surface area contributed by atoms with Crippen LogP contribution >= 0.6 is 11.8 Å². The van der Waals surface area contributed by atoms with Gasteiger partial charge in [-0.2, -0.15) is 0 Å². The van der Waals surface area contributed by atoms with Gasteiger partial charge in [0.25, 0.3) is 0 Å². The zero-order valence-electron chi connectivity index (χ0n) is 18.2. The van der Waals surface area contributed by atoms with Crippen molar-refractivity contribution in [1.29, 1.82) is 0 Å². The Morgan fingerprint density at radius 2 is 1.81 bits per heavy atom. The second-order valence-corrected chi connectivity index (χ2v) is 10.3. The van der Waals surface area contributed by atoms with E-state index in [1.807, 2.05) is 45.0 Å². The molecule has 0 fully saturated rings. The standard InChI is InChI=1S/C23H26N4O3S2/c1-4-16-7-5-6-8-19(16)26-21(28)14-31-23-25-13-20(22(24)27-23)32(29,30)18-11-9-17(10-12-18)15(2)3/h5-13,15H,4,14H2,1-3H3,(H,26,28)(H2,24,25,27). The number of aromatic nitrogens is 2. The van der Waals surface area contributed by atoms with E-state index in [4.69, 9.17) is 5.73 Å². The van der Waals surface area contributed by atoms with Crippen LogP contribution in [0.4, 0.5) is 11.5 Å². The van der Waals surface area contributed by atoms with E-state index in [-0.39, 0.29) is 32.4 Å². The molecule has 3 aromatic rings. The molecule has 2 aromatic carbocycles. The normalized spacial score (nSPS) is 11.5. The fourth-order valence-electron chi connectivity index (χ4n) is 3.07. The summed E-state index contributed by atoms with van der Waals surface area (Å²) in [5, 5.41) is 3.11. The zero-order chi connectivity index (χ0) is 23.3. The number of amides is 1. The summed E-state index contributed by atoms with van der Waals surface area (Å²) in [6, 6.07) is 14.3. The topological polar surface area (TPSA) is 115 Å². The SMILES string of the molecule is CCc1ccccc1NC(=O)CSc1ncc(S(=O)(=O)c2ccc(C(C)C)cc2)c(N)n1. The first kappa shape index (κ1) is 23.7. The highest BCUT2D eigenvalue weighted by atomic mass is 32.2. The van der Waals surface area contributed by atoms with Gasteiger partial charge in [-0.3, -0.25) is 4.79 Å². The van der Waals surface area contributed by atoms with Gasteiger partial charge in [0.15, 0.2) is 5.16 Å². The maximum Gasteiger partial charge on any atom is 0.234 e. The Bertz CT molecular complexity index is 1210. The summed E-state index contributed by atoms with van der Waals surface area (Å²) in [5.74, 6) is 0.0107. The lowest BCUT2D eigenvalue weighted by Crippen LogP contribution is -2.15. The average Bonchev–Trinajstić information content (AvgIpc) is 2.78. The third-order valence-electron chi connectivity index (χ3n) is 4.91. The van der Waals surface area contributed by atoms with Crippen molar-refractivity contribution in [2.24, 2.45) is 0 Å². The molecule has 0 saturated heterocycles. The molecular weight excluding hydrogens is 444 g/mol. The molecule has 0 saturated carbocycles. The molecule has 0 radical (unpaired) electrons. The first-order chi connectivity index (χ1) is 15.2. The Kier molecular flexibility index (Phi) is 7.52. The molecule has 0 aliphatic heterocycles. The molecule has 0 aliphatic rings. The van der Waals surface area contributed by atoms with E-state index in [0.717, 1.165) is 35.0 Å². The summed E-state index contributed by atoms with van der Waals surface area (Å²) in [6.45, 7) is 6.09. The molecule has 1 aromatic heterocycles. The second kappa shape index (κ2) is 10.1. The number of anilines is 2. The van der Waals surface area contributed by atoms with Gasteiger partial charge in [0, 0.05) is 5.69 Å². The summed E-state index contributed by atoms with van der Waals surface area (Å²) in [5.41, 5.74) is 8.80. The number of aryl methyl sites for hydroxylation is 1. The summed E-state index contributed by atoms with van der Waals surface area (Å²) < 4.78 is 25.9. The van der Waals surface area contributed by atoms with Crippen LogP contribution in [0, 0.1) is 0 Å². The van der Waals surface area contributed by atoms with Crippen LogP contribution in [0.3, 0.4) is 0 Å². The molecule has 9 heteroatoms. The number of hydrogen-bond acceptors (Lipinski definition) is 7. The highest BCUT2D eigenvalue weighted by Crippen LogP contribution is 2.27. The Balaban J connectivity index is 1.70. The molecule has 7 nitrogen and oxygen atoms in total. The van der Waals surface area contributed by atoms with Crippen LogP contribution in [0.25, 0.3) is 0 Å². The van der Waals surface area contributed by atoms with E-state index in [1.165, 1.54) is 6.20 Å². The lowest BCUT2D eigenvalue weighted by atomic mass is 10.0. The number of rotatable bonds is 8. The number of carbonyl (C=O) groups excluding carboxylic acids is 1. The van der Waals surface area contributed by atoms with Crippen molar-refractivity contribution in [3.8, 4) is 0 Å². The first-order valence-corrected chi connectivity index (χ1v) is 12.7. The van der Waals surface area contributed by atoms with Crippen molar-refractivity contribution in [2.75, 3.05) is 16.8 Å². The van der Waals surface area contributed by atoms with Crippen LogP contribution in [0.5, 0.6) is 0 Å². The molecule has 168 valence electrons. The fraction of sp³-hybridized carbons (Fsp3) is 0.261. The van der Waals surface area contributed by atoms with E-state index in [1.54, 1.807) is 24.3 Å². The van der Waals surface area contributed by atoms with Crippen LogP contribution < -0.4 is 11.1 Å². The smallest absolute Gasteiger partial charge is 0.234 e. The third kappa shape index (κ3) is 5.46. The van der Waals surface area contributed by atoms with Gasteiger partial charge in [0.2, 0.25) is 15.7 Å². The number of nitrogens with zero attached hydrogens (tertiary/aromatic N) is 2. The highest BCUT2D eigenvalue weighted by Gasteiger charge is 2.23. The summed E-state index contributed by atoms with van der Waals surface area (Å²) in [6.07, 6.45) is 2.00. The lowest BCUT2D eigenvalue weighted by Gasteiger charge is -2.10. The highest BCUT2D eigenvalue weighted by molar-refractivity contribution is 7.99. The molecule has 1 heterocycles. The van der Waals surface area contributed by atoms with Gasteiger partial charge in [-0.1, -0.05) is 62.9 Å². The first-order valence-electron chi connectivity index (χ1n) is 10.2. The molecule has 32 heavy (non-hydrogen) atoms. The van der Waals surface area contributed by atoms with E-state index >= 15 is 0 Å². The number of sulfone groups is 1. The summed E-state index contributed by atoms with van der Waals surface area (Å²) >= 11 is 1.09. The quantitative estimate of drug-likeness (QED) is 0.372. The van der Waals surface area contributed by atoms with Gasteiger partial charge in [-0.25, -0.2) is 18.4 Å². The lowest BCUT2D eigenvalue weighted by molar-refractivity contribution is -0.113. The van der Waals surface area contributed by atoms with Crippen LogP contribution in [-0.2, 0) is 21.1 Å². The van der Waals surface area contributed by atoms with Crippen molar-refractivity contribution >= 4 is 39.0 Å². The van der Waals surface area contributed by atoms with Crippen LogP contribution in [-0.4, -0.2) is 30.0 Å². The third-order valence-corrected chi connectivity index (χ3v) is 7.56. The maximum absolute atomic E-state index is 12.9. The number of nitrogens with two attached hydrogens (primary N) is 1. The monoisotopic (exact) mass is 470 g/mol. The zero-order valence-corrected chi connectivity index (χ0v) is 19.8. The van der Waals surface area contributed by atoms with Gasteiger partial charge in [-0.05, 0) is 41.7 Å². The molecule has 0 atom stereocenters.